The largest absolute Gasteiger partial charge is 0.494 e. The number of nitrogens with two attached hydrogens (primary N) is 1. The molecule has 0 atom stereocenters. The van der Waals surface area contributed by atoms with Crippen molar-refractivity contribution < 1.29 is 9.84 Å². The van der Waals surface area contributed by atoms with Gasteiger partial charge in [0.15, 0.2) is 0 Å². The van der Waals surface area contributed by atoms with Crippen molar-refractivity contribution in [2.75, 3.05) is 31.2 Å². The molecule has 106 valence electrons. The molecule has 1 aliphatic heterocycles. The Morgan fingerprint density at radius 1 is 1.42 bits per heavy atom. The molecule has 0 saturated carbocycles. The van der Waals surface area contributed by atoms with E-state index in [0.717, 1.165) is 42.3 Å². The Morgan fingerprint density at radius 3 is 2.84 bits per heavy atom. The summed E-state index contributed by atoms with van der Waals surface area (Å²) in [5, 5.41) is 13.7. The average molecular weight is 282 g/mol. The van der Waals surface area contributed by atoms with Crippen molar-refractivity contribution >= 4 is 17.4 Å². The minimum absolute atomic E-state index is 0.579. The molecule has 19 heavy (non-hydrogen) atoms. The molecule has 4 nitrogen and oxygen atoms in total. The summed E-state index contributed by atoms with van der Waals surface area (Å²) in [5.41, 5.74) is 6.14. The van der Waals surface area contributed by atoms with Gasteiger partial charge in [-0.25, -0.2) is 0 Å². The van der Waals surface area contributed by atoms with E-state index < -0.39 is 5.60 Å². The van der Waals surface area contributed by atoms with Crippen molar-refractivity contribution in [3.63, 3.8) is 0 Å². The first-order chi connectivity index (χ1) is 9.13. The van der Waals surface area contributed by atoms with E-state index in [4.69, 9.17) is 10.5 Å². The second kappa shape index (κ2) is 6.50. The predicted molar refractivity (Wildman–Crippen MR) is 79.8 cm³/mol. The molecular formula is C14H22N2O2S. The fourth-order valence-electron chi connectivity index (χ4n) is 2.14. The van der Waals surface area contributed by atoms with E-state index in [0.29, 0.717) is 12.4 Å². The first-order valence-electron chi connectivity index (χ1n) is 6.71. The fraction of sp³-hybridized carbons (Fsp3) is 0.571. The zero-order chi connectivity index (χ0) is 13.7. The lowest BCUT2D eigenvalue weighted by molar-refractivity contribution is 0.0339. The van der Waals surface area contributed by atoms with Crippen LogP contribution >= 0.6 is 11.8 Å². The van der Waals surface area contributed by atoms with Crippen LogP contribution in [-0.4, -0.2) is 36.2 Å². The second-order valence-electron chi connectivity index (χ2n) is 4.90. The van der Waals surface area contributed by atoms with Crippen LogP contribution in [-0.2, 0) is 0 Å². The summed E-state index contributed by atoms with van der Waals surface area (Å²) >= 11 is 1.61. The molecule has 1 fully saturated rings. The molecule has 1 heterocycles. The third-order valence-electron chi connectivity index (χ3n) is 3.33. The Bertz CT molecular complexity index is 420. The maximum absolute atomic E-state index is 10.5. The fourth-order valence-corrected chi connectivity index (χ4v) is 3.29. The zero-order valence-electron chi connectivity index (χ0n) is 11.3. The van der Waals surface area contributed by atoms with Crippen molar-refractivity contribution in [1.82, 2.24) is 5.32 Å². The first kappa shape index (κ1) is 14.5. The second-order valence-corrected chi connectivity index (χ2v) is 5.91. The highest BCUT2D eigenvalue weighted by atomic mass is 32.2. The summed E-state index contributed by atoms with van der Waals surface area (Å²) in [6, 6.07) is 5.69. The van der Waals surface area contributed by atoms with Crippen LogP contribution in [0.1, 0.15) is 19.8 Å². The minimum atomic E-state index is -0.579. The van der Waals surface area contributed by atoms with Gasteiger partial charge in [-0.2, -0.15) is 0 Å². The Hall–Kier alpha value is -0.910. The van der Waals surface area contributed by atoms with E-state index >= 15 is 0 Å². The SMILES string of the molecule is CCOc1ccc(N)c(SCC2(O)CCNCC2)c1. The number of rotatable bonds is 5. The molecule has 0 bridgehead atoms. The van der Waals surface area contributed by atoms with Crippen LogP contribution in [0.15, 0.2) is 23.1 Å². The molecule has 2 rings (SSSR count). The number of hydrogen-bond donors (Lipinski definition) is 3. The smallest absolute Gasteiger partial charge is 0.120 e. The lowest BCUT2D eigenvalue weighted by atomic mass is 9.95. The Balaban J connectivity index is 1.99. The summed E-state index contributed by atoms with van der Waals surface area (Å²) in [7, 11) is 0. The van der Waals surface area contributed by atoms with Crippen LogP contribution in [0.5, 0.6) is 5.75 Å². The van der Waals surface area contributed by atoms with Crippen LogP contribution in [0.4, 0.5) is 5.69 Å². The van der Waals surface area contributed by atoms with Gasteiger partial charge in [-0.3, -0.25) is 0 Å². The molecule has 0 spiro atoms. The van der Waals surface area contributed by atoms with Crippen LogP contribution in [0.3, 0.4) is 0 Å². The third kappa shape index (κ3) is 4.03. The molecule has 1 aromatic rings. The molecule has 1 aliphatic rings. The van der Waals surface area contributed by atoms with Crippen molar-refractivity contribution in [2.45, 2.75) is 30.3 Å². The number of thioether (sulfide) groups is 1. The highest BCUT2D eigenvalue weighted by molar-refractivity contribution is 7.99. The average Bonchev–Trinajstić information content (AvgIpc) is 2.41. The van der Waals surface area contributed by atoms with E-state index in [-0.39, 0.29) is 0 Å². The molecule has 0 aromatic heterocycles. The van der Waals surface area contributed by atoms with Crippen molar-refractivity contribution in [3.8, 4) is 5.75 Å². The first-order valence-corrected chi connectivity index (χ1v) is 7.70. The molecular weight excluding hydrogens is 260 g/mol. The van der Waals surface area contributed by atoms with Gasteiger partial charge in [0.25, 0.3) is 0 Å². The zero-order valence-corrected chi connectivity index (χ0v) is 12.1. The quantitative estimate of drug-likeness (QED) is 0.568. The molecule has 4 N–H and O–H groups in total. The monoisotopic (exact) mass is 282 g/mol. The molecule has 1 aromatic carbocycles. The number of piperidine rings is 1. The van der Waals surface area contributed by atoms with Crippen LogP contribution in [0.25, 0.3) is 0 Å². The van der Waals surface area contributed by atoms with Crippen LogP contribution in [0, 0.1) is 0 Å². The maximum atomic E-state index is 10.5. The number of nitrogens with one attached hydrogen (secondary N) is 1. The van der Waals surface area contributed by atoms with Gasteiger partial charge in [0, 0.05) is 16.3 Å². The van der Waals surface area contributed by atoms with Crippen LogP contribution in [0.2, 0.25) is 0 Å². The van der Waals surface area contributed by atoms with E-state index in [1.807, 2.05) is 25.1 Å². The maximum Gasteiger partial charge on any atom is 0.120 e. The van der Waals surface area contributed by atoms with Gasteiger partial charge in [-0.15, -0.1) is 11.8 Å². The van der Waals surface area contributed by atoms with E-state index in [1.54, 1.807) is 11.8 Å². The normalized spacial score (nSPS) is 18.2. The number of benzene rings is 1. The summed E-state index contributed by atoms with van der Waals surface area (Å²) in [6.07, 6.45) is 1.59. The van der Waals surface area contributed by atoms with Crippen molar-refractivity contribution in [2.24, 2.45) is 0 Å². The van der Waals surface area contributed by atoms with Gasteiger partial charge in [-0.1, -0.05) is 0 Å². The third-order valence-corrected chi connectivity index (χ3v) is 4.67. The number of aliphatic hydroxyl groups is 1. The lowest BCUT2D eigenvalue weighted by Crippen LogP contribution is -2.43. The number of hydrogen-bond acceptors (Lipinski definition) is 5. The van der Waals surface area contributed by atoms with E-state index in [2.05, 4.69) is 5.32 Å². The molecule has 5 heteroatoms. The number of ether oxygens (including phenoxy) is 1. The molecule has 0 unspecified atom stereocenters. The van der Waals surface area contributed by atoms with Crippen molar-refractivity contribution in [1.29, 1.82) is 0 Å². The predicted octanol–water partition coefficient (Wildman–Crippen LogP) is 1.87. The summed E-state index contributed by atoms with van der Waals surface area (Å²) < 4.78 is 5.48. The summed E-state index contributed by atoms with van der Waals surface area (Å²) in [6.45, 7) is 4.36. The summed E-state index contributed by atoms with van der Waals surface area (Å²) in [5.74, 6) is 1.51. The number of anilines is 1. The molecule has 1 saturated heterocycles. The van der Waals surface area contributed by atoms with E-state index in [9.17, 15) is 5.11 Å². The van der Waals surface area contributed by atoms with Gasteiger partial charge in [0.1, 0.15) is 5.75 Å². The summed E-state index contributed by atoms with van der Waals surface area (Å²) in [4.78, 5) is 0.984. The lowest BCUT2D eigenvalue weighted by Gasteiger charge is -2.32. The van der Waals surface area contributed by atoms with Gasteiger partial charge >= 0.3 is 0 Å². The molecule has 0 radical (unpaired) electrons. The molecule has 0 amide bonds. The standard InChI is InChI=1S/C14H22N2O2S/c1-2-18-11-3-4-12(15)13(9-11)19-10-14(17)5-7-16-8-6-14/h3-4,9,16-17H,2,5-8,10,15H2,1H3. The van der Waals surface area contributed by atoms with Crippen molar-refractivity contribution in [3.05, 3.63) is 18.2 Å². The highest BCUT2D eigenvalue weighted by Crippen LogP contribution is 2.33. The van der Waals surface area contributed by atoms with Gasteiger partial charge in [0.2, 0.25) is 0 Å². The van der Waals surface area contributed by atoms with Gasteiger partial charge in [-0.05, 0) is 51.1 Å². The Kier molecular flexibility index (Phi) is 4.96. The Morgan fingerprint density at radius 2 is 2.16 bits per heavy atom. The topological polar surface area (TPSA) is 67.5 Å². The van der Waals surface area contributed by atoms with Gasteiger partial charge < -0.3 is 20.9 Å². The van der Waals surface area contributed by atoms with Gasteiger partial charge in [0.05, 0.1) is 12.2 Å². The highest BCUT2D eigenvalue weighted by Gasteiger charge is 2.29. The minimum Gasteiger partial charge on any atom is -0.494 e. The number of nitrogen functional groups attached to an aromatic ring is 1. The van der Waals surface area contributed by atoms with Crippen LogP contribution < -0.4 is 15.8 Å². The molecule has 0 aliphatic carbocycles. The van der Waals surface area contributed by atoms with E-state index in [1.165, 1.54) is 0 Å². The Labute approximate surface area is 118 Å².